The molecule has 25 heavy (non-hydrogen) atoms. The Kier molecular flexibility index (Phi) is 6.39. The Labute approximate surface area is 160 Å². The summed E-state index contributed by atoms with van der Waals surface area (Å²) in [4.78, 5) is 4.94. The third kappa shape index (κ3) is 4.77. The van der Waals surface area contributed by atoms with Crippen LogP contribution >= 0.6 is 23.2 Å². The number of hydrogen-bond donors (Lipinski definition) is 0. The van der Waals surface area contributed by atoms with E-state index in [-0.39, 0.29) is 6.04 Å². The zero-order valence-corrected chi connectivity index (χ0v) is 15.9. The van der Waals surface area contributed by atoms with Crippen LogP contribution in [0.4, 0.5) is 0 Å². The Morgan fingerprint density at radius 3 is 1.76 bits per heavy atom. The van der Waals surface area contributed by atoms with Gasteiger partial charge < -0.3 is 0 Å². The molecule has 3 rings (SSSR count). The van der Waals surface area contributed by atoms with Crippen LogP contribution in [0.2, 0.25) is 10.0 Å². The van der Waals surface area contributed by atoms with Gasteiger partial charge >= 0.3 is 0 Å². The lowest BCUT2D eigenvalue weighted by Crippen LogP contribution is -2.47. The van der Waals surface area contributed by atoms with E-state index in [1.54, 1.807) is 0 Å². The molecule has 0 radical (unpaired) electrons. The molecule has 2 aromatic rings. The summed E-state index contributed by atoms with van der Waals surface area (Å²) in [6, 6.07) is 16.6. The van der Waals surface area contributed by atoms with Gasteiger partial charge in [0.15, 0.2) is 0 Å². The number of halogens is 2. The predicted octanol–water partition coefficient (Wildman–Crippen LogP) is 4.72. The minimum absolute atomic E-state index is 0.217. The predicted molar refractivity (Wildman–Crippen MR) is 106 cm³/mol. The van der Waals surface area contributed by atoms with Gasteiger partial charge in [-0.05, 0) is 42.3 Å². The first-order chi connectivity index (χ1) is 12.2. The van der Waals surface area contributed by atoms with Gasteiger partial charge in [0.1, 0.15) is 0 Å². The van der Waals surface area contributed by atoms with Crippen LogP contribution in [-0.4, -0.2) is 42.5 Å². The summed E-state index contributed by atoms with van der Waals surface area (Å²) in [5.74, 6) is 6.15. The Balaban J connectivity index is 1.83. The second-order valence-electron chi connectivity index (χ2n) is 6.24. The van der Waals surface area contributed by atoms with Crippen molar-refractivity contribution in [2.45, 2.75) is 13.0 Å². The van der Waals surface area contributed by atoms with Crippen molar-refractivity contribution in [1.29, 1.82) is 0 Å². The number of benzene rings is 2. The third-order valence-electron chi connectivity index (χ3n) is 4.62. The molecule has 1 saturated heterocycles. The van der Waals surface area contributed by atoms with E-state index in [0.29, 0.717) is 0 Å². The molecule has 130 valence electrons. The van der Waals surface area contributed by atoms with Crippen molar-refractivity contribution >= 4 is 23.2 Å². The van der Waals surface area contributed by atoms with Crippen molar-refractivity contribution in [2.75, 3.05) is 32.7 Å². The molecule has 0 spiro atoms. The Morgan fingerprint density at radius 1 is 0.840 bits per heavy atom. The van der Waals surface area contributed by atoms with Crippen LogP contribution in [0.25, 0.3) is 0 Å². The van der Waals surface area contributed by atoms with Crippen LogP contribution in [0, 0.1) is 11.8 Å². The highest BCUT2D eigenvalue weighted by Gasteiger charge is 2.26. The largest absolute Gasteiger partial charge is 0.290 e. The fraction of sp³-hybridized carbons (Fsp3) is 0.333. The molecular formula is C21H22Cl2N2. The molecule has 2 aromatic carbocycles. The summed E-state index contributed by atoms with van der Waals surface area (Å²) in [5, 5.41) is 1.53. The van der Waals surface area contributed by atoms with E-state index in [1.807, 2.05) is 31.2 Å². The average Bonchev–Trinajstić information content (AvgIpc) is 2.64. The molecule has 0 bridgehead atoms. The molecule has 4 heteroatoms. The van der Waals surface area contributed by atoms with Crippen LogP contribution in [0.15, 0.2) is 48.5 Å². The fourth-order valence-electron chi connectivity index (χ4n) is 3.27. The van der Waals surface area contributed by atoms with Gasteiger partial charge in [-0.25, -0.2) is 0 Å². The molecular weight excluding hydrogens is 351 g/mol. The number of nitrogens with zero attached hydrogens (tertiary/aromatic N) is 2. The monoisotopic (exact) mass is 372 g/mol. The average molecular weight is 373 g/mol. The minimum Gasteiger partial charge on any atom is -0.290 e. The van der Waals surface area contributed by atoms with Gasteiger partial charge in [0, 0.05) is 36.2 Å². The number of piperazine rings is 1. The molecule has 0 atom stereocenters. The highest BCUT2D eigenvalue weighted by atomic mass is 35.5. The van der Waals surface area contributed by atoms with Crippen molar-refractivity contribution in [3.63, 3.8) is 0 Å². The van der Waals surface area contributed by atoms with Gasteiger partial charge in [-0.3, -0.25) is 9.80 Å². The molecule has 0 saturated carbocycles. The van der Waals surface area contributed by atoms with Gasteiger partial charge in [-0.1, -0.05) is 53.4 Å². The summed E-state index contributed by atoms with van der Waals surface area (Å²) < 4.78 is 0. The molecule has 0 amide bonds. The van der Waals surface area contributed by atoms with Crippen LogP contribution in [0.1, 0.15) is 24.1 Å². The van der Waals surface area contributed by atoms with E-state index in [1.165, 1.54) is 11.1 Å². The summed E-state index contributed by atoms with van der Waals surface area (Å²) in [6.07, 6.45) is 0. The van der Waals surface area contributed by atoms with Crippen LogP contribution in [0.3, 0.4) is 0 Å². The van der Waals surface area contributed by atoms with Gasteiger partial charge in [0.05, 0.1) is 12.6 Å². The lowest BCUT2D eigenvalue weighted by atomic mass is 9.96. The zero-order chi connectivity index (χ0) is 17.6. The van der Waals surface area contributed by atoms with Crippen LogP contribution in [0.5, 0.6) is 0 Å². The Hall–Kier alpha value is -1.50. The minimum atomic E-state index is 0.217. The summed E-state index contributed by atoms with van der Waals surface area (Å²) in [5.41, 5.74) is 2.52. The highest BCUT2D eigenvalue weighted by molar-refractivity contribution is 6.30. The molecule has 0 aliphatic carbocycles. The Bertz CT molecular complexity index is 691. The summed E-state index contributed by atoms with van der Waals surface area (Å²) in [7, 11) is 0. The summed E-state index contributed by atoms with van der Waals surface area (Å²) in [6.45, 7) is 6.85. The van der Waals surface area contributed by atoms with E-state index in [2.05, 4.69) is 45.9 Å². The second kappa shape index (κ2) is 8.74. The highest BCUT2D eigenvalue weighted by Crippen LogP contribution is 2.31. The lowest BCUT2D eigenvalue weighted by Gasteiger charge is -2.39. The van der Waals surface area contributed by atoms with E-state index in [4.69, 9.17) is 23.2 Å². The molecule has 2 nitrogen and oxygen atoms in total. The maximum atomic E-state index is 6.09. The van der Waals surface area contributed by atoms with Crippen molar-refractivity contribution in [2.24, 2.45) is 0 Å². The van der Waals surface area contributed by atoms with Crippen LogP contribution in [-0.2, 0) is 0 Å². The topological polar surface area (TPSA) is 6.48 Å². The lowest BCUT2D eigenvalue weighted by molar-refractivity contribution is 0.119. The first-order valence-corrected chi connectivity index (χ1v) is 9.30. The summed E-state index contributed by atoms with van der Waals surface area (Å²) >= 11 is 12.2. The van der Waals surface area contributed by atoms with E-state index in [9.17, 15) is 0 Å². The standard InChI is InChI=1S/C21H22Cl2N2/c1-2-3-12-24-13-15-25(16-14-24)21(17-4-8-19(22)9-5-17)18-6-10-20(23)11-7-18/h4-11,21H,12-16H2,1H3. The molecule has 0 unspecified atom stereocenters. The van der Waals surface area contributed by atoms with E-state index >= 15 is 0 Å². The fourth-order valence-corrected chi connectivity index (χ4v) is 3.53. The molecule has 1 fully saturated rings. The van der Waals surface area contributed by atoms with Gasteiger partial charge in [-0.15, -0.1) is 5.92 Å². The van der Waals surface area contributed by atoms with Crippen LogP contribution < -0.4 is 0 Å². The first-order valence-electron chi connectivity index (χ1n) is 8.54. The van der Waals surface area contributed by atoms with Gasteiger partial charge in [0.25, 0.3) is 0 Å². The second-order valence-corrected chi connectivity index (χ2v) is 7.12. The smallest absolute Gasteiger partial charge is 0.0602 e. The SMILES string of the molecule is CC#CCN1CCN(C(c2ccc(Cl)cc2)c2ccc(Cl)cc2)CC1. The maximum Gasteiger partial charge on any atom is 0.0602 e. The molecule has 0 N–H and O–H groups in total. The molecule has 1 aliphatic heterocycles. The van der Waals surface area contributed by atoms with Crippen molar-refractivity contribution < 1.29 is 0 Å². The van der Waals surface area contributed by atoms with Crippen molar-refractivity contribution in [3.05, 3.63) is 69.7 Å². The third-order valence-corrected chi connectivity index (χ3v) is 5.13. The van der Waals surface area contributed by atoms with E-state index in [0.717, 1.165) is 42.8 Å². The number of hydrogen-bond acceptors (Lipinski definition) is 2. The normalized spacial score (nSPS) is 15.8. The Morgan fingerprint density at radius 2 is 1.32 bits per heavy atom. The van der Waals surface area contributed by atoms with Gasteiger partial charge in [-0.2, -0.15) is 0 Å². The first kappa shape index (κ1) is 18.3. The zero-order valence-electron chi connectivity index (χ0n) is 14.4. The van der Waals surface area contributed by atoms with Crippen molar-refractivity contribution in [1.82, 2.24) is 9.80 Å². The van der Waals surface area contributed by atoms with E-state index < -0.39 is 0 Å². The molecule has 1 heterocycles. The van der Waals surface area contributed by atoms with Gasteiger partial charge in [0.2, 0.25) is 0 Å². The van der Waals surface area contributed by atoms with Crippen molar-refractivity contribution in [3.8, 4) is 11.8 Å². The molecule has 1 aliphatic rings. The number of rotatable bonds is 4. The molecule has 0 aromatic heterocycles. The quantitative estimate of drug-likeness (QED) is 0.716. The maximum absolute atomic E-state index is 6.09.